The Bertz CT molecular complexity index is 910. The molecule has 0 saturated heterocycles. The molecule has 3 N–H and O–H groups in total. The molecule has 3 heterocycles. The van der Waals surface area contributed by atoms with E-state index < -0.39 is 6.61 Å². The molecule has 0 aliphatic heterocycles. The monoisotopic (exact) mass is 333 g/mol. The molecule has 0 fully saturated rings. The maximum Gasteiger partial charge on any atom is 0.387 e. The van der Waals surface area contributed by atoms with Crippen molar-refractivity contribution in [2.45, 2.75) is 13.5 Å². The Morgan fingerprint density at radius 2 is 2.12 bits per heavy atom. The molecule has 7 nitrogen and oxygen atoms in total. The Morgan fingerprint density at radius 3 is 2.83 bits per heavy atom. The lowest BCUT2D eigenvalue weighted by molar-refractivity contribution is -0.114. The van der Waals surface area contributed by atoms with Crippen LogP contribution in [0.5, 0.6) is 5.75 Å². The lowest BCUT2D eigenvalue weighted by atomic mass is 10.1. The number of alkyl halides is 2. The number of imidazole rings is 1. The van der Waals surface area contributed by atoms with Gasteiger partial charge in [-0.05, 0) is 18.2 Å². The largest absolute Gasteiger partial charge is 0.431 e. The van der Waals surface area contributed by atoms with Gasteiger partial charge in [-0.1, -0.05) is 0 Å². The minimum atomic E-state index is -2.99. The summed E-state index contributed by atoms with van der Waals surface area (Å²) in [5, 5.41) is 2.59. The number of aromatic nitrogens is 3. The highest BCUT2D eigenvalue weighted by atomic mass is 19.3. The maximum absolute atomic E-state index is 12.4. The molecule has 0 saturated carbocycles. The van der Waals surface area contributed by atoms with Gasteiger partial charge in [-0.3, -0.25) is 4.79 Å². The molecule has 0 spiro atoms. The van der Waals surface area contributed by atoms with E-state index >= 15 is 0 Å². The lowest BCUT2D eigenvalue weighted by Gasteiger charge is -2.09. The zero-order chi connectivity index (χ0) is 17.3. The number of nitrogens with one attached hydrogen (secondary N) is 1. The van der Waals surface area contributed by atoms with Crippen LogP contribution in [-0.2, 0) is 4.79 Å². The predicted octanol–water partition coefficient (Wildman–Crippen LogP) is 2.54. The van der Waals surface area contributed by atoms with Crippen LogP contribution in [0.25, 0.3) is 16.8 Å². The molecule has 3 aromatic heterocycles. The quantitative estimate of drug-likeness (QED) is 0.765. The van der Waals surface area contributed by atoms with Gasteiger partial charge in [0.05, 0.1) is 6.20 Å². The zero-order valence-corrected chi connectivity index (χ0v) is 12.5. The van der Waals surface area contributed by atoms with Crippen molar-refractivity contribution in [3.63, 3.8) is 0 Å². The smallest absolute Gasteiger partial charge is 0.387 e. The van der Waals surface area contributed by atoms with E-state index in [4.69, 9.17) is 5.73 Å². The van der Waals surface area contributed by atoms with Crippen molar-refractivity contribution in [2.75, 3.05) is 11.1 Å². The van der Waals surface area contributed by atoms with Gasteiger partial charge < -0.3 is 20.2 Å². The van der Waals surface area contributed by atoms with Crippen molar-refractivity contribution in [3.8, 4) is 16.9 Å². The van der Waals surface area contributed by atoms with Crippen molar-refractivity contribution in [2.24, 2.45) is 0 Å². The first kappa shape index (κ1) is 15.7. The second-order valence-corrected chi connectivity index (χ2v) is 4.98. The SMILES string of the molecule is CC(=O)Nc1cn2cc(-c3cnc(N)c(OC(F)F)c3)ccc2n1. The molecule has 3 aromatic rings. The van der Waals surface area contributed by atoms with Gasteiger partial charge in [0, 0.05) is 30.4 Å². The first-order valence-corrected chi connectivity index (χ1v) is 6.89. The molecule has 0 radical (unpaired) electrons. The number of amides is 1. The summed E-state index contributed by atoms with van der Waals surface area (Å²) < 4.78 is 30.8. The number of rotatable bonds is 4. The molecule has 9 heteroatoms. The second kappa shape index (κ2) is 6.11. The van der Waals surface area contributed by atoms with Crippen LogP contribution in [0.2, 0.25) is 0 Å². The second-order valence-electron chi connectivity index (χ2n) is 4.98. The van der Waals surface area contributed by atoms with E-state index in [-0.39, 0.29) is 17.5 Å². The summed E-state index contributed by atoms with van der Waals surface area (Å²) in [5.74, 6) is -0.116. The molecular formula is C15H13F2N5O2. The van der Waals surface area contributed by atoms with Gasteiger partial charge in [-0.15, -0.1) is 0 Å². The van der Waals surface area contributed by atoms with Crippen molar-refractivity contribution in [1.82, 2.24) is 14.4 Å². The molecule has 0 bridgehead atoms. The average Bonchev–Trinajstić information content (AvgIpc) is 2.89. The molecule has 124 valence electrons. The number of fused-ring (bicyclic) bond motifs is 1. The summed E-state index contributed by atoms with van der Waals surface area (Å²) in [7, 11) is 0. The Kier molecular flexibility index (Phi) is 3.98. The van der Waals surface area contributed by atoms with Crippen LogP contribution < -0.4 is 15.8 Å². The van der Waals surface area contributed by atoms with Crippen LogP contribution in [-0.4, -0.2) is 26.9 Å². The zero-order valence-electron chi connectivity index (χ0n) is 12.5. The van der Waals surface area contributed by atoms with Gasteiger partial charge in [0.25, 0.3) is 0 Å². The van der Waals surface area contributed by atoms with Crippen molar-refractivity contribution < 1.29 is 18.3 Å². The molecule has 3 rings (SSSR count). The van der Waals surface area contributed by atoms with E-state index in [2.05, 4.69) is 20.0 Å². The fourth-order valence-corrected chi connectivity index (χ4v) is 2.21. The molecule has 0 unspecified atom stereocenters. The molecule has 1 amide bonds. The Hall–Kier alpha value is -3.23. The number of carbonyl (C=O) groups is 1. The molecule has 0 aliphatic carbocycles. The summed E-state index contributed by atoms with van der Waals surface area (Å²) in [6.07, 6.45) is 4.83. The van der Waals surface area contributed by atoms with E-state index in [0.29, 0.717) is 22.6 Å². The number of carbonyl (C=O) groups excluding carboxylic acids is 1. The van der Waals surface area contributed by atoms with E-state index in [9.17, 15) is 13.6 Å². The van der Waals surface area contributed by atoms with Gasteiger partial charge in [-0.25, -0.2) is 9.97 Å². The topological polar surface area (TPSA) is 94.5 Å². The number of hydrogen-bond acceptors (Lipinski definition) is 5. The number of nitrogens with zero attached hydrogens (tertiary/aromatic N) is 3. The molecule has 0 atom stereocenters. The van der Waals surface area contributed by atoms with Gasteiger partial charge in [0.2, 0.25) is 5.91 Å². The number of anilines is 2. The van der Waals surface area contributed by atoms with Crippen LogP contribution in [0.15, 0.2) is 36.8 Å². The molecule has 0 aliphatic rings. The van der Waals surface area contributed by atoms with E-state index in [1.807, 2.05) is 0 Å². The summed E-state index contributed by atoms with van der Waals surface area (Å²) in [6.45, 7) is -1.60. The standard InChI is InChI=1S/C15H13F2N5O2/c1-8(23)20-12-7-22-6-9(2-3-13(22)21-12)10-4-11(24-15(16)17)14(18)19-5-10/h2-7,15H,1H3,(H2,18,19)(H,20,23). The minimum absolute atomic E-state index is 0.115. The average molecular weight is 333 g/mol. The highest BCUT2D eigenvalue weighted by Crippen LogP contribution is 2.28. The number of hydrogen-bond donors (Lipinski definition) is 2. The highest BCUT2D eigenvalue weighted by Gasteiger charge is 2.12. The van der Waals surface area contributed by atoms with Crippen molar-refractivity contribution in [1.29, 1.82) is 0 Å². The van der Waals surface area contributed by atoms with E-state index in [1.54, 1.807) is 28.9 Å². The normalized spacial score (nSPS) is 11.0. The minimum Gasteiger partial charge on any atom is -0.431 e. The summed E-state index contributed by atoms with van der Waals surface area (Å²) in [4.78, 5) is 19.2. The number of nitrogen functional groups attached to an aromatic ring is 1. The van der Waals surface area contributed by atoms with Crippen LogP contribution in [0.1, 0.15) is 6.92 Å². The maximum atomic E-state index is 12.4. The first-order valence-electron chi connectivity index (χ1n) is 6.89. The first-order chi connectivity index (χ1) is 11.4. The van der Waals surface area contributed by atoms with Gasteiger partial charge in [-0.2, -0.15) is 8.78 Å². The third-order valence-electron chi connectivity index (χ3n) is 3.19. The molecule has 0 aromatic carbocycles. The molecular weight excluding hydrogens is 320 g/mol. The summed E-state index contributed by atoms with van der Waals surface area (Å²) in [5.41, 5.74) is 7.40. The fraction of sp³-hybridized carbons (Fsp3) is 0.133. The van der Waals surface area contributed by atoms with Gasteiger partial charge >= 0.3 is 6.61 Å². The Labute approximate surface area is 135 Å². The highest BCUT2D eigenvalue weighted by molar-refractivity contribution is 5.87. The molecule has 24 heavy (non-hydrogen) atoms. The van der Waals surface area contributed by atoms with Crippen molar-refractivity contribution in [3.05, 3.63) is 36.8 Å². The van der Waals surface area contributed by atoms with Gasteiger partial charge in [0.15, 0.2) is 17.4 Å². The van der Waals surface area contributed by atoms with Crippen LogP contribution in [0.4, 0.5) is 20.4 Å². The fourth-order valence-electron chi connectivity index (χ4n) is 2.21. The summed E-state index contributed by atoms with van der Waals surface area (Å²) in [6, 6.07) is 4.87. The third kappa shape index (κ3) is 3.24. The van der Waals surface area contributed by atoms with E-state index in [1.165, 1.54) is 19.2 Å². The van der Waals surface area contributed by atoms with Crippen molar-refractivity contribution >= 4 is 23.2 Å². The van der Waals surface area contributed by atoms with E-state index in [0.717, 1.165) is 0 Å². The number of halogens is 2. The Balaban J connectivity index is 1.98. The lowest BCUT2D eigenvalue weighted by Crippen LogP contribution is -2.05. The third-order valence-corrected chi connectivity index (χ3v) is 3.19. The Morgan fingerprint density at radius 1 is 1.33 bits per heavy atom. The number of nitrogens with two attached hydrogens (primary N) is 1. The number of pyridine rings is 2. The summed E-state index contributed by atoms with van der Waals surface area (Å²) >= 11 is 0. The van der Waals surface area contributed by atoms with Crippen LogP contribution in [0.3, 0.4) is 0 Å². The number of ether oxygens (including phenoxy) is 1. The predicted molar refractivity (Wildman–Crippen MR) is 83.8 cm³/mol. The van der Waals surface area contributed by atoms with Crippen LogP contribution >= 0.6 is 0 Å². The van der Waals surface area contributed by atoms with Gasteiger partial charge in [0.1, 0.15) is 5.65 Å². The van der Waals surface area contributed by atoms with Crippen LogP contribution in [0, 0.1) is 0 Å².